The summed E-state index contributed by atoms with van der Waals surface area (Å²) in [6, 6.07) is 0. The summed E-state index contributed by atoms with van der Waals surface area (Å²) in [6.45, 7) is 4.46. The average molecular weight is 187 g/mol. The van der Waals surface area contributed by atoms with Crippen LogP contribution in [0.5, 0.6) is 0 Å². The molecule has 0 aliphatic carbocycles. The van der Waals surface area contributed by atoms with Crippen molar-refractivity contribution in [3.8, 4) is 0 Å². The van der Waals surface area contributed by atoms with Crippen molar-refractivity contribution in [1.82, 2.24) is 5.32 Å². The van der Waals surface area contributed by atoms with Gasteiger partial charge in [-0.3, -0.25) is 16.1 Å². The molecule has 0 saturated heterocycles. The maximum Gasteiger partial charge on any atom is 0.192 e. The third-order valence-electron chi connectivity index (χ3n) is 1.23. The molecule has 5 nitrogen and oxygen atoms in total. The van der Waals surface area contributed by atoms with Crippen molar-refractivity contribution in [3.63, 3.8) is 0 Å². The molecule has 0 heterocycles. The van der Waals surface area contributed by atoms with Gasteiger partial charge in [0.15, 0.2) is 11.9 Å². The summed E-state index contributed by atoms with van der Waals surface area (Å²) in [5.74, 6) is -0.625. The maximum atomic E-state index is 6.47. The van der Waals surface area contributed by atoms with Gasteiger partial charge >= 0.3 is 0 Å². The van der Waals surface area contributed by atoms with Crippen LogP contribution in [-0.2, 0) is 0 Å². The lowest BCUT2D eigenvalue weighted by atomic mass is 10.2. The summed E-state index contributed by atoms with van der Waals surface area (Å²) in [5, 5.41) is 15.0. The zero-order valence-electron chi connectivity index (χ0n) is 8.48. The molecule has 0 aromatic rings. The van der Waals surface area contributed by atoms with Gasteiger partial charge in [0.1, 0.15) is 0 Å². The van der Waals surface area contributed by atoms with Gasteiger partial charge in [-0.05, 0) is 0 Å². The predicted octanol–water partition coefficient (Wildman–Crippen LogP) is 0.950. The molecule has 0 saturated carbocycles. The highest BCUT2D eigenvalue weighted by Crippen LogP contribution is 1.95. The van der Waals surface area contributed by atoms with Gasteiger partial charge in [0.25, 0.3) is 0 Å². The normalized spacial score (nSPS) is 8.15. The fourth-order valence-electron chi connectivity index (χ4n) is 0.645. The van der Waals surface area contributed by atoms with Gasteiger partial charge in [0.05, 0.1) is 0 Å². The first-order chi connectivity index (χ1) is 6.04. The smallest absolute Gasteiger partial charge is 0.192 e. The number of rotatable bonds is 3. The molecule has 78 valence electrons. The van der Waals surface area contributed by atoms with E-state index in [0.717, 1.165) is 0 Å². The molecule has 5 heteroatoms. The molecule has 0 fully saturated rings. The van der Waals surface area contributed by atoms with Gasteiger partial charge in [-0.2, -0.15) is 0 Å². The van der Waals surface area contributed by atoms with E-state index in [1.54, 1.807) is 0 Å². The van der Waals surface area contributed by atoms with E-state index in [-0.39, 0.29) is 11.9 Å². The molecule has 0 unspecified atom stereocenters. The van der Waals surface area contributed by atoms with E-state index >= 15 is 0 Å². The summed E-state index contributed by atoms with van der Waals surface area (Å²) in [7, 11) is 0. The van der Waals surface area contributed by atoms with Gasteiger partial charge in [-0.1, -0.05) is 39.5 Å². The molecular weight excluding hydrogens is 166 g/mol. The lowest BCUT2D eigenvalue weighted by Gasteiger charge is -1.95. The number of guanidine groups is 2. The highest BCUT2D eigenvalue weighted by atomic mass is 15.1. The number of hydrogen-bond donors (Lipinski definition) is 5. The molecule has 0 radical (unpaired) electrons. The first-order valence-corrected chi connectivity index (χ1v) is 4.49. The Morgan fingerprint density at radius 1 is 1.00 bits per heavy atom. The Kier molecular flexibility index (Phi) is 11.8. The number of nitrogens with one attached hydrogen (secondary N) is 3. The Balaban J connectivity index is 0. The van der Waals surface area contributed by atoms with E-state index in [2.05, 4.69) is 13.8 Å². The standard InChI is InChI=1S/C6H14.C2H7N5/c1-3-5-6-4-2;3-1(4)7-2(5)6/h3-6H2,1-2H3;(H7,3,4,5,6,7). The SMILES string of the molecule is CCCCCC.N=C(N)NC(=N)N. The molecule has 0 aromatic heterocycles. The maximum absolute atomic E-state index is 6.47. The van der Waals surface area contributed by atoms with Gasteiger partial charge in [-0.15, -0.1) is 0 Å². The minimum absolute atomic E-state index is 0.312. The quantitative estimate of drug-likeness (QED) is 0.257. The first kappa shape index (κ1) is 14.3. The molecule has 0 aromatic carbocycles. The van der Waals surface area contributed by atoms with Crippen LogP contribution < -0.4 is 16.8 Å². The number of hydrogen-bond acceptors (Lipinski definition) is 2. The van der Waals surface area contributed by atoms with E-state index in [1.807, 2.05) is 5.32 Å². The molecule has 0 rings (SSSR count). The largest absolute Gasteiger partial charge is 0.370 e. The zero-order valence-corrected chi connectivity index (χ0v) is 8.48. The van der Waals surface area contributed by atoms with Crippen LogP contribution in [0.15, 0.2) is 0 Å². The van der Waals surface area contributed by atoms with Crippen molar-refractivity contribution in [2.75, 3.05) is 0 Å². The minimum atomic E-state index is -0.312. The van der Waals surface area contributed by atoms with Crippen molar-refractivity contribution in [2.24, 2.45) is 11.5 Å². The topological polar surface area (TPSA) is 112 Å². The van der Waals surface area contributed by atoms with Gasteiger partial charge < -0.3 is 11.5 Å². The van der Waals surface area contributed by atoms with E-state index in [0.29, 0.717) is 0 Å². The molecule has 0 aliphatic rings. The van der Waals surface area contributed by atoms with Crippen LogP contribution in [0.1, 0.15) is 39.5 Å². The minimum Gasteiger partial charge on any atom is -0.370 e. The van der Waals surface area contributed by atoms with Crippen molar-refractivity contribution in [3.05, 3.63) is 0 Å². The van der Waals surface area contributed by atoms with Crippen LogP contribution >= 0.6 is 0 Å². The second kappa shape index (κ2) is 10.7. The molecule has 0 bridgehead atoms. The summed E-state index contributed by atoms with van der Waals surface area (Å²) in [6.07, 6.45) is 5.54. The van der Waals surface area contributed by atoms with Crippen molar-refractivity contribution >= 4 is 11.9 Å². The fourth-order valence-corrected chi connectivity index (χ4v) is 0.645. The van der Waals surface area contributed by atoms with Crippen molar-refractivity contribution in [1.29, 1.82) is 10.8 Å². The van der Waals surface area contributed by atoms with E-state index in [9.17, 15) is 0 Å². The van der Waals surface area contributed by atoms with Crippen LogP contribution in [0.3, 0.4) is 0 Å². The molecule has 13 heavy (non-hydrogen) atoms. The third-order valence-corrected chi connectivity index (χ3v) is 1.23. The van der Waals surface area contributed by atoms with Gasteiger partial charge in [0, 0.05) is 0 Å². The van der Waals surface area contributed by atoms with Crippen LogP contribution in [0.25, 0.3) is 0 Å². The second-order valence-electron chi connectivity index (χ2n) is 2.66. The Morgan fingerprint density at radius 2 is 1.31 bits per heavy atom. The van der Waals surface area contributed by atoms with E-state index in [1.165, 1.54) is 25.7 Å². The Morgan fingerprint density at radius 3 is 1.38 bits per heavy atom. The lowest BCUT2D eigenvalue weighted by molar-refractivity contribution is 0.702. The third kappa shape index (κ3) is 24.9. The average Bonchev–Trinajstić information content (AvgIpc) is 1.99. The van der Waals surface area contributed by atoms with Crippen LogP contribution in [0.4, 0.5) is 0 Å². The highest BCUT2D eigenvalue weighted by molar-refractivity contribution is 5.93. The lowest BCUT2D eigenvalue weighted by Crippen LogP contribution is -2.39. The second-order valence-corrected chi connectivity index (χ2v) is 2.66. The first-order valence-electron chi connectivity index (χ1n) is 4.49. The molecule has 7 N–H and O–H groups in total. The van der Waals surface area contributed by atoms with Crippen LogP contribution in [-0.4, -0.2) is 11.9 Å². The zero-order chi connectivity index (χ0) is 10.7. The van der Waals surface area contributed by atoms with E-state index < -0.39 is 0 Å². The molecular formula is C8H21N5. The number of nitrogens with two attached hydrogens (primary N) is 2. The Labute approximate surface area is 79.9 Å². The van der Waals surface area contributed by atoms with Crippen molar-refractivity contribution < 1.29 is 0 Å². The summed E-state index contributed by atoms with van der Waals surface area (Å²) >= 11 is 0. The summed E-state index contributed by atoms with van der Waals surface area (Å²) in [5.41, 5.74) is 9.49. The Hall–Kier alpha value is -1.26. The molecule has 0 atom stereocenters. The highest BCUT2D eigenvalue weighted by Gasteiger charge is 1.83. The fraction of sp³-hybridized carbons (Fsp3) is 0.750. The summed E-state index contributed by atoms with van der Waals surface area (Å²) < 4.78 is 0. The van der Waals surface area contributed by atoms with E-state index in [4.69, 9.17) is 22.3 Å². The monoisotopic (exact) mass is 187 g/mol. The van der Waals surface area contributed by atoms with Crippen LogP contribution in [0.2, 0.25) is 0 Å². The molecule has 0 amide bonds. The van der Waals surface area contributed by atoms with Gasteiger partial charge in [-0.25, -0.2) is 0 Å². The van der Waals surface area contributed by atoms with Gasteiger partial charge in [0.2, 0.25) is 0 Å². The Bertz CT molecular complexity index is 127. The molecule has 0 spiro atoms. The number of unbranched alkanes of at least 4 members (excludes halogenated alkanes) is 3. The van der Waals surface area contributed by atoms with Crippen LogP contribution in [0, 0.1) is 10.8 Å². The molecule has 0 aliphatic heterocycles. The summed E-state index contributed by atoms with van der Waals surface area (Å²) in [4.78, 5) is 0. The van der Waals surface area contributed by atoms with Crippen molar-refractivity contribution in [2.45, 2.75) is 39.5 Å². The predicted molar refractivity (Wildman–Crippen MR) is 56.8 cm³/mol.